The van der Waals surface area contributed by atoms with Crippen LogP contribution in [0.1, 0.15) is 19.0 Å². The number of rotatable bonds is 4. The highest BCUT2D eigenvalue weighted by molar-refractivity contribution is 4.94. The number of aromatic amines is 1. The van der Waals surface area contributed by atoms with Crippen LogP contribution in [-0.4, -0.2) is 29.2 Å². The lowest BCUT2D eigenvalue weighted by Crippen LogP contribution is -2.33. The van der Waals surface area contributed by atoms with Crippen molar-refractivity contribution in [1.29, 1.82) is 0 Å². The minimum absolute atomic E-state index is 0.515. The molecule has 1 fully saturated rings. The van der Waals surface area contributed by atoms with Gasteiger partial charge in [0.05, 0.1) is 12.9 Å². The molecule has 1 aromatic heterocycles. The maximum Gasteiger partial charge on any atom is 0.0922 e. The van der Waals surface area contributed by atoms with Crippen molar-refractivity contribution in [2.45, 2.75) is 25.9 Å². The summed E-state index contributed by atoms with van der Waals surface area (Å²) in [6, 6.07) is 0.515. The Bertz CT molecular complexity index is 254. The molecule has 2 unspecified atom stereocenters. The van der Waals surface area contributed by atoms with E-state index in [1.807, 2.05) is 6.20 Å². The van der Waals surface area contributed by atoms with E-state index in [4.69, 9.17) is 4.74 Å². The van der Waals surface area contributed by atoms with Crippen molar-refractivity contribution in [3.63, 3.8) is 0 Å². The van der Waals surface area contributed by atoms with Gasteiger partial charge in [-0.05, 0) is 19.3 Å². The van der Waals surface area contributed by atoms with Gasteiger partial charge in [0.15, 0.2) is 0 Å². The molecule has 2 atom stereocenters. The second kappa shape index (κ2) is 4.57. The first-order valence-corrected chi connectivity index (χ1v) is 5.14. The van der Waals surface area contributed by atoms with Crippen molar-refractivity contribution in [1.82, 2.24) is 15.3 Å². The molecule has 1 aliphatic heterocycles. The Hall–Kier alpha value is -0.870. The van der Waals surface area contributed by atoms with Crippen LogP contribution in [0.15, 0.2) is 12.5 Å². The topological polar surface area (TPSA) is 49.9 Å². The van der Waals surface area contributed by atoms with E-state index in [9.17, 15) is 0 Å². The Morgan fingerprint density at radius 1 is 1.79 bits per heavy atom. The van der Waals surface area contributed by atoms with Crippen LogP contribution < -0.4 is 5.32 Å². The highest BCUT2D eigenvalue weighted by Crippen LogP contribution is 2.16. The van der Waals surface area contributed by atoms with E-state index in [0.29, 0.717) is 12.0 Å². The molecule has 1 aliphatic rings. The van der Waals surface area contributed by atoms with Gasteiger partial charge in [0.1, 0.15) is 0 Å². The lowest BCUT2D eigenvalue weighted by molar-refractivity contribution is 0.178. The van der Waals surface area contributed by atoms with Crippen molar-refractivity contribution in [2.75, 3.05) is 13.2 Å². The highest BCUT2D eigenvalue weighted by atomic mass is 16.5. The summed E-state index contributed by atoms with van der Waals surface area (Å²) in [5.41, 5.74) is 1.13. The van der Waals surface area contributed by atoms with Crippen LogP contribution in [0.25, 0.3) is 0 Å². The lowest BCUT2D eigenvalue weighted by Gasteiger charge is -2.18. The number of hydrogen-bond acceptors (Lipinski definition) is 3. The van der Waals surface area contributed by atoms with Gasteiger partial charge in [0.25, 0.3) is 0 Å². The van der Waals surface area contributed by atoms with Gasteiger partial charge in [-0.15, -0.1) is 0 Å². The smallest absolute Gasteiger partial charge is 0.0922 e. The molecule has 0 spiro atoms. The summed E-state index contributed by atoms with van der Waals surface area (Å²) in [7, 11) is 0. The number of aromatic nitrogens is 2. The predicted molar refractivity (Wildman–Crippen MR) is 53.8 cm³/mol. The molecule has 0 aliphatic carbocycles. The molecular formula is C10H17N3O. The van der Waals surface area contributed by atoms with Crippen LogP contribution in [0.2, 0.25) is 0 Å². The van der Waals surface area contributed by atoms with Crippen molar-refractivity contribution >= 4 is 0 Å². The Kier molecular flexibility index (Phi) is 3.16. The molecule has 4 nitrogen and oxygen atoms in total. The summed E-state index contributed by atoms with van der Waals surface area (Å²) in [6.07, 6.45) is 4.74. The number of ether oxygens (including phenoxy) is 1. The molecule has 0 saturated carbocycles. The van der Waals surface area contributed by atoms with Gasteiger partial charge < -0.3 is 15.0 Å². The first-order chi connectivity index (χ1) is 6.86. The summed E-state index contributed by atoms with van der Waals surface area (Å²) in [6.45, 7) is 4.89. The molecule has 4 heteroatoms. The summed E-state index contributed by atoms with van der Waals surface area (Å²) < 4.78 is 5.36. The second-order valence-corrected chi connectivity index (χ2v) is 3.87. The zero-order valence-corrected chi connectivity index (χ0v) is 8.49. The summed E-state index contributed by atoms with van der Waals surface area (Å²) in [5, 5.41) is 3.48. The van der Waals surface area contributed by atoms with Gasteiger partial charge in [-0.25, -0.2) is 4.98 Å². The minimum atomic E-state index is 0.515. The average Bonchev–Trinajstić information content (AvgIpc) is 2.87. The van der Waals surface area contributed by atoms with Crippen LogP contribution >= 0.6 is 0 Å². The van der Waals surface area contributed by atoms with E-state index < -0.39 is 0 Å². The number of hydrogen-bond donors (Lipinski definition) is 2. The van der Waals surface area contributed by atoms with Gasteiger partial charge in [-0.1, -0.05) is 0 Å². The molecule has 0 radical (unpaired) electrons. The van der Waals surface area contributed by atoms with E-state index in [-0.39, 0.29) is 0 Å². The van der Waals surface area contributed by atoms with Gasteiger partial charge in [-0.2, -0.15) is 0 Å². The maximum absolute atomic E-state index is 5.36. The molecule has 14 heavy (non-hydrogen) atoms. The van der Waals surface area contributed by atoms with E-state index in [0.717, 1.165) is 25.5 Å². The molecule has 2 rings (SSSR count). The standard InChI is InChI=1S/C10H17N3O/c1-8(9-2-3-14-6-9)12-5-10-4-11-7-13-10/h4,7-9,12H,2-3,5-6H2,1H3,(H,11,13). The monoisotopic (exact) mass is 195 g/mol. The van der Waals surface area contributed by atoms with E-state index >= 15 is 0 Å². The summed E-state index contributed by atoms with van der Waals surface area (Å²) in [5.74, 6) is 0.665. The summed E-state index contributed by atoms with van der Waals surface area (Å²) in [4.78, 5) is 7.06. The average molecular weight is 195 g/mol. The second-order valence-electron chi connectivity index (χ2n) is 3.87. The molecular weight excluding hydrogens is 178 g/mol. The molecule has 0 amide bonds. The zero-order valence-electron chi connectivity index (χ0n) is 8.49. The molecule has 2 heterocycles. The van der Waals surface area contributed by atoms with E-state index in [2.05, 4.69) is 22.2 Å². The normalized spacial score (nSPS) is 23.9. The Labute approximate surface area is 84.1 Å². The number of nitrogens with one attached hydrogen (secondary N) is 2. The lowest BCUT2D eigenvalue weighted by atomic mass is 10.0. The molecule has 0 aromatic carbocycles. The fourth-order valence-corrected chi connectivity index (χ4v) is 1.77. The molecule has 2 N–H and O–H groups in total. The van der Waals surface area contributed by atoms with Crippen molar-refractivity contribution < 1.29 is 4.74 Å². The van der Waals surface area contributed by atoms with Crippen molar-refractivity contribution in [2.24, 2.45) is 5.92 Å². The van der Waals surface area contributed by atoms with E-state index in [1.165, 1.54) is 6.42 Å². The van der Waals surface area contributed by atoms with Gasteiger partial charge >= 0.3 is 0 Å². The third-order valence-electron chi connectivity index (χ3n) is 2.84. The van der Waals surface area contributed by atoms with Crippen LogP contribution in [0.4, 0.5) is 0 Å². The molecule has 78 valence electrons. The van der Waals surface area contributed by atoms with Crippen LogP contribution in [-0.2, 0) is 11.3 Å². The van der Waals surface area contributed by atoms with E-state index in [1.54, 1.807) is 6.33 Å². The first kappa shape index (κ1) is 9.68. The number of nitrogens with zero attached hydrogens (tertiary/aromatic N) is 1. The van der Waals surface area contributed by atoms with Gasteiger partial charge in [0.2, 0.25) is 0 Å². The van der Waals surface area contributed by atoms with Crippen molar-refractivity contribution in [3.8, 4) is 0 Å². The Morgan fingerprint density at radius 2 is 2.71 bits per heavy atom. The zero-order chi connectivity index (χ0) is 9.80. The van der Waals surface area contributed by atoms with Gasteiger partial charge in [0, 0.05) is 31.1 Å². The quantitative estimate of drug-likeness (QED) is 0.751. The van der Waals surface area contributed by atoms with Crippen molar-refractivity contribution in [3.05, 3.63) is 18.2 Å². The fourth-order valence-electron chi connectivity index (χ4n) is 1.77. The minimum Gasteiger partial charge on any atom is -0.381 e. The third-order valence-corrected chi connectivity index (χ3v) is 2.84. The van der Waals surface area contributed by atoms with Crippen LogP contribution in [0, 0.1) is 5.92 Å². The number of imidazole rings is 1. The largest absolute Gasteiger partial charge is 0.381 e. The van der Waals surface area contributed by atoms with Crippen LogP contribution in [0.3, 0.4) is 0 Å². The Morgan fingerprint density at radius 3 is 3.36 bits per heavy atom. The predicted octanol–water partition coefficient (Wildman–Crippen LogP) is 0.924. The molecule has 1 aromatic rings. The third kappa shape index (κ3) is 2.33. The highest BCUT2D eigenvalue weighted by Gasteiger charge is 2.21. The Balaban J connectivity index is 1.74. The summed E-state index contributed by atoms with van der Waals surface area (Å²) >= 11 is 0. The first-order valence-electron chi connectivity index (χ1n) is 5.14. The van der Waals surface area contributed by atoms with Gasteiger partial charge in [-0.3, -0.25) is 0 Å². The fraction of sp³-hybridized carbons (Fsp3) is 0.700. The molecule has 0 bridgehead atoms. The van der Waals surface area contributed by atoms with Crippen LogP contribution in [0.5, 0.6) is 0 Å². The number of H-pyrrole nitrogens is 1. The SMILES string of the molecule is CC(NCc1cnc[nH]1)C1CCOC1. The molecule has 1 saturated heterocycles. The maximum atomic E-state index is 5.36.